The number of ether oxygens (including phenoxy) is 1. The van der Waals surface area contributed by atoms with Gasteiger partial charge in [0.25, 0.3) is 0 Å². The fourth-order valence-electron chi connectivity index (χ4n) is 3.68. The molecule has 0 aromatic heterocycles. The first-order valence-electron chi connectivity index (χ1n) is 11.7. The van der Waals surface area contributed by atoms with Crippen LogP contribution in [0.15, 0.2) is 30.3 Å². The van der Waals surface area contributed by atoms with Gasteiger partial charge in [0.05, 0.1) is 18.8 Å². The van der Waals surface area contributed by atoms with Crippen LogP contribution in [-0.2, 0) is 16.1 Å². The molecule has 2 unspecified atom stereocenters. The fraction of sp³-hybridized carbons (Fsp3) is 0.720. The SMILES string of the molecule is CCCC(O)CCCCC(CCCCCCCCC(=O)O)OCc1ccccc1. The van der Waals surface area contributed by atoms with Crippen LogP contribution < -0.4 is 0 Å². The Morgan fingerprint density at radius 1 is 0.862 bits per heavy atom. The summed E-state index contributed by atoms with van der Waals surface area (Å²) in [4.78, 5) is 10.5. The summed E-state index contributed by atoms with van der Waals surface area (Å²) in [5.74, 6) is -0.689. The molecule has 1 aromatic carbocycles. The fourth-order valence-corrected chi connectivity index (χ4v) is 3.68. The molecule has 0 radical (unpaired) electrons. The van der Waals surface area contributed by atoms with E-state index in [1.54, 1.807) is 0 Å². The van der Waals surface area contributed by atoms with Crippen molar-refractivity contribution in [2.45, 2.75) is 116 Å². The van der Waals surface area contributed by atoms with Crippen LogP contribution in [0.3, 0.4) is 0 Å². The van der Waals surface area contributed by atoms with Crippen LogP contribution in [0.5, 0.6) is 0 Å². The minimum atomic E-state index is -0.689. The highest BCUT2D eigenvalue weighted by Gasteiger charge is 2.10. The van der Waals surface area contributed by atoms with Crippen LogP contribution in [0.2, 0.25) is 0 Å². The van der Waals surface area contributed by atoms with E-state index in [0.29, 0.717) is 13.0 Å². The molecule has 0 spiro atoms. The number of hydrogen-bond acceptors (Lipinski definition) is 3. The van der Waals surface area contributed by atoms with Gasteiger partial charge in [-0.1, -0.05) is 88.6 Å². The Bertz CT molecular complexity index is 503. The maximum absolute atomic E-state index is 10.5. The molecule has 0 bridgehead atoms. The standard InChI is InChI=1S/C25H42O4/c1-2-14-23(26)17-12-13-19-24(29-21-22-15-8-7-9-16-22)18-10-5-3-4-6-11-20-25(27)28/h7-9,15-16,23-24,26H,2-6,10-14,17-21H2,1H3,(H,27,28). The van der Waals surface area contributed by atoms with E-state index in [2.05, 4.69) is 19.1 Å². The molecule has 2 atom stereocenters. The Labute approximate surface area is 177 Å². The van der Waals surface area contributed by atoms with Crippen molar-refractivity contribution in [2.24, 2.45) is 0 Å². The molecule has 0 aliphatic heterocycles. The van der Waals surface area contributed by atoms with E-state index < -0.39 is 5.97 Å². The average Bonchev–Trinajstić information content (AvgIpc) is 2.71. The van der Waals surface area contributed by atoms with E-state index >= 15 is 0 Å². The summed E-state index contributed by atoms with van der Waals surface area (Å²) in [5.41, 5.74) is 1.22. The highest BCUT2D eigenvalue weighted by atomic mass is 16.5. The van der Waals surface area contributed by atoms with Crippen LogP contribution in [-0.4, -0.2) is 28.4 Å². The number of hydrogen-bond donors (Lipinski definition) is 2. The van der Waals surface area contributed by atoms with Gasteiger partial charge in [-0.25, -0.2) is 0 Å². The molecule has 4 heteroatoms. The number of rotatable bonds is 19. The molecule has 0 fully saturated rings. The van der Waals surface area contributed by atoms with Crippen molar-refractivity contribution < 1.29 is 19.7 Å². The zero-order valence-corrected chi connectivity index (χ0v) is 18.4. The summed E-state index contributed by atoms with van der Waals surface area (Å²) in [5, 5.41) is 18.6. The molecule has 4 nitrogen and oxygen atoms in total. The Kier molecular flexibility index (Phi) is 15.4. The van der Waals surface area contributed by atoms with Gasteiger partial charge in [-0.3, -0.25) is 4.79 Å². The molecule has 29 heavy (non-hydrogen) atoms. The highest BCUT2D eigenvalue weighted by Crippen LogP contribution is 2.18. The van der Waals surface area contributed by atoms with Gasteiger partial charge in [-0.2, -0.15) is 0 Å². The van der Waals surface area contributed by atoms with Gasteiger partial charge in [0.1, 0.15) is 0 Å². The Morgan fingerprint density at radius 2 is 1.45 bits per heavy atom. The van der Waals surface area contributed by atoms with Gasteiger partial charge in [-0.15, -0.1) is 0 Å². The third kappa shape index (κ3) is 15.2. The van der Waals surface area contributed by atoms with Crippen molar-refractivity contribution in [1.29, 1.82) is 0 Å². The van der Waals surface area contributed by atoms with Gasteiger partial charge in [0, 0.05) is 6.42 Å². The van der Waals surface area contributed by atoms with E-state index in [9.17, 15) is 9.90 Å². The van der Waals surface area contributed by atoms with Gasteiger partial charge in [0.15, 0.2) is 0 Å². The van der Waals surface area contributed by atoms with Crippen LogP contribution >= 0.6 is 0 Å². The van der Waals surface area contributed by atoms with Crippen LogP contribution in [0.1, 0.15) is 102 Å². The third-order valence-corrected chi connectivity index (χ3v) is 5.43. The van der Waals surface area contributed by atoms with Crippen LogP contribution in [0.4, 0.5) is 0 Å². The summed E-state index contributed by atoms with van der Waals surface area (Å²) in [6.07, 6.45) is 14.0. The Balaban J connectivity index is 2.23. The van der Waals surface area contributed by atoms with Crippen molar-refractivity contribution in [3.8, 4) is 0 Å². The second kappa shape index (κ2) is 17.5. The molecule has 0 aliphatic rings. The lowest BCUT2D eigenvalue weighted by Crippen LogP contribution is -2.14. The van der Waals surface area contributed by atoms with Crippen molar-refractivity contribution in [3.63, 3.8) is 0 Å². The monoisotopic (exact) mass is 406 g/mol. The summed E-state index contributed by atoms with van der Waals surface area (Å²) >= 11 is 0. The van der Waals surface area contributed by atoms with Crippen LogP contribution in [0.25, 0.3) is 0 Å². The number of unbranched alkanes of at least 4 members (excludes halogenated alkanes) is 6. The molecule has 0 aliphatic carbocycles. The van der Waals surface area contributed by atoms with Gasteiger partial charge in [0.2, 0.25) is 0 Å². The van der Waals surface area contributed by atoms with Crippen molar-refractivity contribution >= 4 is 5.97 Å². The van der Waals surface area contributed by atoms with Crippen LogP contribution in [0, 0.1) is 0 Å². The first kappa shape index (κ1) is 25.6. The van der Waals surface area contributed by atoms with Crippen molar-refractivity contribution in [3.05, 3.63) is 35.9 Å². The zero-order valence-electron chi connectivity index (χ0n) is 18.4. The summed E-state index contributed by atoms with van der Waals surface area (Å²) in [7, 11) is 0. The number of carboxylic acids is 1. The maximum Gasteiger partial charge on any atom is 0.303 e. The second-order valence-electron chi connectivity index (χ2n) is 8.20. The number of benzene rings is 1. The predicted molar refractivity (Wildman–Crippen MR) is 119 cm³/mol. The van der Waals surface area contributed by atoms with Gasteiger partial charge < -0.3 is 14.9 Å². The first-order valence-corrected chi connectivity index (χ1v) is 11.7. The Morgan fingerprint density at radius 3 is 2.10 bits per heavy atom. The summed E-state index contributed by atoms with van der Waals surface area (Å²) in [6, 6.07) is 10.3. The lowest BCUT2D eigenvalue weighted by atomic mass is 10.0. The summed E-state index contributed by atoms with van der Waals surface area (Å²) < 4.78 is 6.23. The number of aliphatic hydroxyl groups excluding tert-OH is 1. The molecular formula is C25H42O4. The predicted octanol–water partition coefficient (Wildman–Crippen LogP) is 6.50. The number of carboxylic acid groups (broad SMARTS) is 1. The lowest BCUT2D eigenvalue weighted by Gasteiger charge is -2.19. The molecule has 2 N–H and O–H groups in total. The molecule has 0 heterocycles. The number of carbonyl (C=O) groups is 1. The molecule has 1 aromatic rings. The molecular weight excluding hydrogens is 364 g/mol. The number of aliphatic carboxylic acids is 1. The molecule has 166 valence electrons. The van der Waals surface area contributed by atoms with Gasteiger partial charge in [-0.05, 0) is 37.7 Å². The second-order valence-corrected chi connectivity index (χ2v) is 8.20. The molecule has 1 rings (SSSR count). The maximum atomic E-state index is 10.5. The van der Waals surface area contributed by atoms with Crippen molar-refractivity contribution in [2.75, 3.05) is 0 Å². The van der Waals surface area contributed by atoms with Gasteiger partial charge >= 0.3 is 5.97 Å². The average molecular weight is 407 g/mol. The molecule has 0 saturated carbocycles. The molecule has 0 saturated heterocycles. The van der Waals surface area contributed by atoms with Crippen molar-refractivity contribution in [1.82, 2.24) is 0 Å². The summed E-state index contributed by atoms with van der Waals surface area (Å²) in [6.45, 7) is 2.78. The smallest absolute Gasteiger partial charge is 0.303 e. The Hall–Kier alpha value is -1.39. The lowest BCUT2D eigenvalue weighted by molar-refractivity contribution is -0.137. The zero-order chi connectivity index (χ0) is 21.2. The minimum Gasteiger partial charge on any atom is -0.481 e. The largest absolute Gasteiger partial charge is 0.481 e. The van der Waals surface area contributed by atoms with E-state index in [-0.39, 0.29) is 12.2 Å². The third-order valence-electron chi connectivity index (χ3n) is 5.43. The topological polar surface area (TPSA) is 66.8 Å². The van der Waals surface area contributed by atoms with E-state index in [4.69, 9.17) is 9.84 Å². The normalized spacial score (nSPS) is 13.3. The van der Waals surface area contributed by atoms with E-state index in [1.807, 2.05) is 18.2 Å². The quantitative estimate of drug-likeness (QED) is 0.257. The number of aliphatic hydroxyl groups is 1. The molecule has 0 amide bonds. The minimum absolute atomic E-state index is 0.148. The highest BCUT2D eigenvalue weighted by molar-refractivity contribution is 5.66. The van der Waals surface area contributed by atoms with E-state index in [1.165, 1.54) is 18.4 Å². The van der Waals surface area contributed by atoms with E-state index in [0.717, 1.165) is 70.6 Å². The first-order chi connectivity index (χ1) is 14.1.